The number of fused-ring (bicyclic) bond motifs is 1. The number of hydrogen-bond donors (Lipinski definition) is 1. The molecule has 1 spiro atoms. The number of aliphatic hydroxyl groups is 1. The van der Waals surface area contributed by atoms with E-state index in [0.29, 0.717) is 25.9 Å². The van der Waals surface area contributed by atoms with Gasteiger partial charge in [0, 0.05) is 43.3 Å². The first-order valence-corrected chi connectivity index (χ1v) is 15.9. The normalized spacial score (nSPS) is 25.9. The van der Waals surface area contributed by atoms with Crippen LogP contribution in [0.3, 0.4) is 0 Å². The summed E-state index contributed by atoms with van der Waals surface area (Å²) in [5, 5.41) is 11.5. The van der Waals surface area contributed by atoms with Crippen LogP contribution in [0.5, 0.6) is 0 Å². The lowest BCUT2D eigenvalue weighted by atomic mass is 9.57. The maximum absolute atomic E-state index is 13.9. The number of rotatable bonds is 7. The van der Waals surface area contributed by atoms with Gasteiger partial charge in [-0.25, -0.2) is 18.2 Å². The number of hydrogen-bond acceptors (Lipinski definition) is 6. The number of ketones is 2. The lowest BCUT2D eigenvalue weighted by Gasteiger charge is -2.52. The zero-order valence-electron chi connectivity index (χ0n) is 27.4. The third-order valence-corrected chi connectivity index (χ3v) is 9.74. The highest BCUT2D eigenvalue weighted by Gasteiger charge is 2.68. The molecule has 0 aromatic heterocycles. The Labute approximate surface area is 269 Å². The van der Waals surface area contributed by atoms with E-state index < -0.39 is 33.8 Å². The zero-order valence-corrected chi connectivity index (χ0v) is 27.4. The summed E-state index contributed by atoms with van der Waals surface area (Å²) in [6.45, 7) is 13.0. The maximum atomic E-state index is 13.9. The molecule has 1 N–H and O–H groups in total. The van der Waals surface area contributed by atoms with Gasteiger partial charge in [0.2, 0.25) is 11.5 Å². The molecule has 0 radical (unpaired) electrons. The Kier molecular flexibility index (Phi) is 9.07. The van der Waals surface area contributed by atoms with Gasteiger partial charge >= 0.3 is 0 Å². The second kappa shape index (κ2) is 12.4. The van der Waals surface area contributed by atoms with Gasteiger partial charge in [0.25, 0.3) is 0 Å². The molecule has 5 rings (SSSR count). The van der Waals surface area contributed by atoms with Crippen LogP contribution in [0.25, 0.3) is 5.70 Å². The molecule has 2 fully saturated rings. The third kappa shape index (κ3) is 5.80. The standard InChI is InChI=1S/C37H43F2N2O5/c1-7-40(8-2)30(25-12-16-27(38)17-13-25)10-9-11-31(26-14-18-28(39)19-15-26)41-22-20-36(21-23-41)24-29-32(42)34(3,4)33(43)35(5,6)37(29,44)46-45-36/h9-19,24,44H,7-8,20-23H2,1-6H3/q+1. The first-order chi connectivity index (χ1) is 21.7. The van der Waals surface area contributed by atoms with Crippen LogP contribution in [0.4, 0.5) is 8.78 Å². The van der Waals surface area contributed by atoms with Gasteiger partial charge in [0.1, 0.15) is 30.3 Å². The largest absolute Gasteiger partial charge is 0.372 e. The topological polar surface area (TPSA) is 79.1 Å². The summed E-state index contributed by atoms with van der Waals surface area (Å²) in [5.74, 6) is -3.70. The molecule has 9 heteroatoms. The number of nitrogens with zero attached hydrogens (tertiary/aromatic N) is 2. The fourth-order valence-electron chi connectivity index (χ4n) is 6.77. The molecule has 1 saturated carbocycles. The van der Waals surface area contributed by atoms with Crippen LogP contribution in [-0.4, -0.2) is 69.4 Å². The molecule has 0 bridgehead atoms. The summed E-state index contributed by atoms with van der Waals surface area (Å²) in [6, 6.07) is 12.7. The predicted molar refractivity (Wildman–Crippen MR) is 172 cm³/mol. The van der Waals surface area contributed by atoms with E-state index in [1.807, 2.05) is 18.2 Å². The molecule has 1 atom stereocenters. The van der Waals surface area contributed by atoms with Crippen molar-refractivity contribution in [3.8, 4) is 0 Å². The average molecular weight is 634 g/mol. The Balaban J connectivity index is 1.50. The van der Waals surface area contributed by atoms with Gasteiger partial charge in [-0.05, 0) is 108 Å². The van der Waals surface area contributed by atoms with Crippen molar-refractivity contribution in [2.24, 2.45) is 10.8 Å². The van der Waals surface area contributed by atoms with Gasteiger partial charge in [-0.1, -0.05) is 6.08 Å². The monoisotopic (exact) mass is 633 g/mol. The quantitative estimate of drug-likeness (QED) is 0.174. The van der Waals surface area contributed by atoms with Gasteiger partial charge in [-0.15, -0.1) is 0 Å². The molecule has 7 nitrogen and oxygen atoms in total. The molecule has 1 unspecified atom stereocenters. The Morgan fingerprint density at radius 3 is 1.98 bits per heavy atom. The van der Waals surface area contributed by atoms with Crippen molar-refractivity contribution in [3.63, 3.8) is 0 Å². The van der Waals surface area contributed by atoms with Crippen molar-refractivity contribution >= 4 is 23.0 Å². The second-order valence-corrected chi connectivity index (χ2v) is 13.3. The number of carbonyl (C=O) groups excluding carboxylic acids is 2. The minimum atomic E-state index is -2.19. The van der Waals surface area contributed by atoms with Gasteiger partial charge in [0.15, 0.2) is 11.6 Å². The first kappa shape index (κ1) is 33.6. The molecule has 2 aliphatic heterocycles. The predicted octanol–water partition coefficient (Wildman–Crippen LogP) is 6.02. The molecule has 2 heterocycles. The highest BCUT2D eigenvalue weighted by atomic mass is 19.1. The fourth-order valence-corrected chi connectivity index (χ4v) is 6.77. The van der Waals surface area contributed by atoms with Crippen molar-refractivity contribution < 1.29 is 37.8 Å². The van der Waals surface area contributed by atoms with E-state index in [2.05, 4.69) is 23.3 Å². The van der Waals surface area contributed by atoms with Crippen LogP contribution in [0.2, 0.25) is 0 Å². The lowest BCUT2D eigenvalue weighted by molar-refractivity contribution is -0.561. The maximum Gasteiger partial charge on any atom is 0.240 e. The van der Waals surface area contributed by atoms with Crippen molar-refractivity contribution in [3.05, 3.63) is 101 Å². The van der Waals surface area contributed by atoms with Crippen LogP contribution < -0.4 is 0 Å². The van der Waals surface area contributed by atoms with E-state index in [9.17, 15) is 23.5 Å². The zero-order chi connectivity index (χ0) is 33.5. The highest BCUT2D eigenvalue weighted by molar-refractivity contribution is 6.19. The van der Waals surface area contributed by atoms with Crippen LogP contribution >= 0.6 is 0 Å². The first-order valence-electron chi connectivity index (χ1n) is 15.9. The molecule has 1 aliphatic carbocycles. The van der Waals surface area contributed by atoms with E-state index in [0.717, 1.165) is 35.6 Å². The van der Waals surface area contributed by atoms with Gasteiger partial charge < -0.3 is 10.0 Å². The van der Waals surface area contributed by atoms with Crippen LogP contribution in [0.15, 0.2) is 78.4 Å². The van der Waals surface area contributed by atoms with Gasteiger partial charge in [-0.3, -0.25) is 9.59 Å². The van der Waals surface area contributed by atoms with E-state index in [1.54, 1.807) is 58.0 Å². The smallest absolute Gasteiger partial charge is 0.240 e. The molecule has 244 valence electrons. The van der Waals surface area contributed by atoms with Crippen LogP contribution in [0.1, 0.15) is 65.5 Å². The number of benzene rings is 2. The van der Waals surface area contributed by atoms with Crippen molar-refractivity contribution in [1.29, 1.82) is 0 Å². The van der Waals surface area contributed by atoms with Gasteiger partial charge in [0.05, 0.1) is 16.4 Å². The molecule has 2 aromatic carbocycles. The Hall–Kier alpha value is -3.79. The Bertz CT molecular complexity index is 1620. The molecular formula is C37H43F2N2O5+. The highest BCUT2D eigenvalue weighted by Crippen LogP contribution is 2.53. The van der Waals surface area contributed by atoms with E-state index in [4.69, 9.17) is 9.78 Å². The summed E-state index contributed by atoms with van der Waals surface area (Å²) in [5.41, 5.74) is -0.105. The Morgan fingerprint density at radius 2 is 1.43 bits per heavy atom. The molecule has 1 saturated heterocycles. The van der Waals surface area contributed by atoms with E-state index in [1.165, 1.54) is 24.3 Å². The average Bonchev–Trinajstić information content (AvgIpc) is 3.04. The second-order valence-electron chi connectivity index (χ2n) is 13.3. The molecule has 46 heavy (non-hydrogen) atoms. The minimum Gasteiger partial charge on any atom is -0.372 e. The minimum absolute atomic E-state index is 0.0549. The number of Topliss-reactive ketones (excluding diaryl/α,β-unsaturated/α-hetero) is 2. The summed E-state index contributed by atoms with van der Waals surface area (Å²) >= 11 is 0. The number of carbonyl (C=O) groups is 2. The summed E-state index contributed by atoms with van der Waals surface area (Å²) in [7, 11) is 0. The van der Waals surface area contributed by atoms with Crippen molar-refractivity contribution in [2.45, 2.75) is 65.8 Å². The Morgan fingerprint density at radius 1 is 0.891 bits per heavy atom. The molecule has 2 aromatic rings. The third-order valence-electron chi connectivity index (χ3n) is 9.74. The number of allylic oxidation sites excluding steroid dienone is 3. The SMILES string of the molecule is CCN(CC)/C(=C\C=C\C(c1ccc(F)cc1)=[N+]1CCC2(C=C3C(=O)C(C)(C)C(=O)C(C)(C)C3(O)OO2)CC1)c1ccc(F)cc1. The molecule has 3 aliphatic rings. The van der Waals surface area contributed by atoms with Crippen molar-refractivity contribution in [2.75, 3.05) is 26.2 Å². The number of halogens is 2. The van der Waals surface area contributed by atoms with Crippen molar-refractivity contribution in [1.82, 2.24) is 4.90 Å². The molecular weight excluding hydrogens is 590 g/mol. The molecule has 0 amide bonds. The summed E-state index contributed by atoms with van der Waals surface area (Å²) in [6.07, 6.45) is 8.46. The van der Waals surface area contributed by atoms with E-state index >= 15 is 0 Å². The lowest BCUT2D eigenvalue weighted by Crippen LogP contribution is -2.67. The summed E-state index contributed by atoms with van der Waals surface area (Å²) < 4.78 is 29.8. The fraction of sp³-hybridized carbons (Fsp3) is 0.432. The van der Waals surface area contributed by atoms with E-state index in [-0.39, 0.29) is 17.2 Å². The van der Waals surface area contributed by atoms with Crippen LogP contribution in [0, 0.1) is 22.5 Å². The summed E-state index contributed by atoms with van der Waals surface area (Å²) in [4.78, 5) is 40.4. The van der Waals surface area contributed by atoms with Gasteiger partial charge in [-0.2, -0.15) is 4.89 Å². The number of piperidine rings is 1. The van der Waals surface area contributed by atoms with Crippen LogP contribution in [-0.2, 0) is 19.4 Å².